The van der Waals surface area contributed by atoms with E-state index in [0.29, 0.717) is 6.42 Å². The molecule has 0 aromatic carbocycles. The SMILES string of the molecule is CC(OC1CC(O)OC(CO)C1)C(=O)O. The Morgan fingerprint density at radius 2 is 2.27 bits per heavy atom. The van der Waals surface area contributed by atoms with Crippen molar-refractivity contribution >= 4 is 5.97 Å². The Bertz CT molecular complexity index is 219. The number of carboxylic acid groups (broad SMARTS) is 1. The monoisotopic (exact) mass is 220 g/mol. The first-order valence-corrected chi connectivity index (χ1v) is 4.85. The van der Waals surface area contributed by atoms with Crippen LogP contribution >= 0.6 is 0 Å². The van der Waals surface area contributed by atoms with Gasteiger partial charge in [0, 0.05) is 12.8 Å². The molecule has 1 saturated heterocycles. The maximum atomic E-state index is 10.5. The van der Waals surface area contributed by atoms with E-state index in [-0.39, 0.29) is 13.0 Å². The second kappa shape index (κ2) is 5.41. The van der Waals surface area contributed by atoms with Gasteiger partial charge in [-0.2, -0.15) is 0 Å². The number of hydrogen-bond donors (Lipinski definition) is 3. The molecule has 3 N–H and O–H groups in total. The average molecular weight is 220 g/mol. The summed E-state index contributed by atoms with van der Waals surface area (Å²) in [6.07, 6.45) is -2.17. The van der Waals surface area contributed by atoms with Gasteiger partial charge in [0.1, 0.15) is 0 Å². The standard InChI is InChI=1S/C9H16O6/c1-5(9(12)13)14-6-2-7(4-10)15-8(11)3-6/h5-8,10-11H,2-4H2,1H3,(H,12,13). The Morgan fingerprint density at radius 1 is 1.60 bits per heavy atom. The summed E-state index contributed by atoms with van der Waals surface area (Å²) in [4.78, 5) is 10.5. The van der Waals surface area contributed by atoms with Gasteiger partial charge in [-0.3, -0.25) is 0 Å². The van der Waals surface area contributed by atoms with Crippen LogP contribution in [0.25, 0.3) is 0 Å². The molecule has 4 atom stereocenters. The van der Waals surface area contributed by atoms with Gasteiger partial charge in [-0.05, 0) is 6.92 Å². The Labute approximate surface area is 87.4 Å². The third-order valence-electron chi connectivity index (χ3n) is 2.29. The fourth-order valence-electron chi connectivity index (χ4n) is 1.52. The van der Waals surface area contributed by atoms with E-state index in [4.69, 9.17) is 19.7 Å². The molecule has 0 amide bonds. The molecule has 0 spiro atoms. The molecule has 1 aliphatic rings. The summed E-state index contributed by atoms with van der Waals surface area (Å²) >= 11 is 0. The largest absolute Gasteiger partial charge is 0.479 e. The molecule has 0 bridgehead atoms. The first-order valence-electron chi connectivity index (χ1n) is 4.85. The summed E-state index contributed by atoms with van der Waals surface area (Å²) in [5.41, 5.74) is 0. The molecule has 4 unspecified atom stereocenters. The number of aliphatic carboxylic acids is 1. The lowest BCUT2D eigenvalue weighted by Crippen LogP contribution is -2.40. The van der Waals surface area contributed by atoms with E-state index in [1.54, 1.807) is 0 Å². The zero-order valence-electron chi connectivity index (χ0n) is 8.50. The van der Waals surface area contributed by atoms with Crippen molar-refractivity contribution in [1.82, 2.24) is 0 Å². The van der Waals surface area contributed by atoms with Crippen LogP contribution in [0, 0.1) is 0 Å². The highest BCUT2D eigenvalue weighted by molar-refractivity contribution is 5.71. The van der Waals surface area contributed by atoms with Crippen molar-refractivity contribution in [1.29, 1.82) is 0 Å². The molecule has 0 saturated carbocycles. The van der Waals surface area contributed by atoms with E-state index in [9.17, 15) is 9.90 Å². The van der Waals surface area contributed by atoms with Crippen molar-refractivity contribution in [3.8, 4) is 0 Å². The molecule has 0 aromatic rings. The lowest BCUT2D eigenvalue weighted by molar-refractivity contribution is -0.213. The normalized spacial score (nSPS) is 33.7. The first-order chi connectivity index (χ1) is 7.02. The number of hydrogen-bond acceptors (Lipinski definition) is 5. The van der Waals surface area contributed by atoms with Gasteiger partial charge in [-0.15, -0.1) is 0 Å². The van der Waals surface area contributed by atoms with Crippen LogP contribution in [-0.2, 0) is 14.3 Å². The molecule has 0 radical (unpaired) electrons. The predicted molar refractivity (Wildman–Crippen MR) is 49.2 cm³/mol. The van der Waals surface area contributed by atoms with Crippen molar-refractivity contribution in [2.24, 2.45) is 0 Å². The van der Waals surface area contributed by atoms with Gasteiger partial charge >= 0.3 is 5.97 Å². The molecule has 6 nitrogen and oxygen atoms in total. The second-order valence-corrected chi connectivity index (χ2v) is 3.61. The smallest absolute Gasteiger partial charge is 0.332 e. The van der Waals surface area contributed by atoms with Gasteiger partial charge in [0.25, 0.3) is 0 Å². The minimum Gasteiger partial charge on any atom is -0.479 e. The number of aliphatic hydroxyl groups excluding tert-OH is 2. The van der Waals surface area contributed by atoms with Crippen molar-refractivity contribution in [3.05, 3.63) is 0 Å². The van der Waals surface area contributed by atoms with Gasteiger partial charge in [-0.25, -0.2) is 4.79 Å². The maximum Gasteiger partial charge on any atom is 0.332 e. The number of aliphatic hydroxyl groups is 2. The highest BCUT2D eigenvalue weighted by Crippen LogP contribution is 2.21. The third kappa shape index (κ3) is 3.75. The molecule has 6 heteroatoms. The van der Waals surface area contributed by atoms with Gasteiger partial charge in [0.15, 0.2) is 12.4 Å². The Morgan fingerprint density at radius 3 is 2.80 bits per heavy atom. The van der Waals surface area contributed by atoms with E-state index in [2.05, 4.69) is 0 Å². The lowest BCUT2D eigenvalue weighted by Gasteiger charge is -2.32. The van der Waals surface area contributed by atoms with Crippen LogP contribution in [0.1, 0.15) is 19.8 Å². The maximum absolute atomic E-state index is 10.5. The molecular weight excluding hydrogens is 204 g/mol. The van der Waals surface area contributed by atoms with Crippen LogP contribution in [0.3, 0.4) is 0 Å². The van der Waals surface area contributed by atoms with E-state index in [0.717, 1.165) is 0 Å². The summed E-state index contributed by atoms with van der Waals surface area (Å²) in [7, 11) is 0. The topological polar surface area (TPSA) is 96.2 Å². The molecule has 1 heterocycles. The third-order valence-corrected chi connectivity index (χ3v) is 2.29. The fraction of sp³-hybridized carbons (Fsp3) is 0.889. The van der Waals surface area contributed by atoms with Gasteiger partial charge in [-0.1, -0.05) is 0 Å². The van der Waals surface area contributed by atoms with Gasteiger partial charge in [0.05, 0.1) is 18.8 Å². The highest BCUT2D eigenvalue weighted by atomic mass is 16.6. The van der Waals surface area contributed by atoms with E-state index >= 15 is 0 Å². The zero-order chi connectivity index (χ0) is 11.4. The van der Waals surface area contributed by atoms with Crippen molar-refractivity contribution in [2.45, 2.75) is 44.4 Å². The molecule has 0 aromatic heterocycles. The Balaban J connectivity index is 2.44. The molecule has 0 aliphatic carbocycles. The minimum absolute atomic E-state index is 0.210. The van der Waals surface area contributed by atoms with Crippen LogP contribution < -0.4 is 0 Å². The summed E-state index contributed by atoms with van der Waals surface area (Å²) in [6, 6.07) is 0. The highest BCUT2D eigenvalue weighted by Gasteiger charge is 2.30. The quantitative estimate of drug-likeness (QED) is 0.581. The van der Waals surface area contributed by atoms with E-state index in [1.807, 2.05) is 0 Å². The van der Waals surface area contributed by atoms with Crippen molar-refractivity contribution < 1.29 is 29.6 Å². The number of carbonyl (C=O) groups is 1. The predicted octanol–water partition coefficient (Wildman–Crippen LogP) is -0.666. The summed E-state index contributed by atoms with van der Waals surface area (Å²) in [5.74, 6) is -1.04. The van der Waals surface area contributed by atoms with Crippen molar-refractivity contribution in [3.63, 3.8) is 0 Å². The average Bonchev–Trinajstić information content (AvgIpc) is 2.16. The van der Waals surface area contributed by atoms with Gasteiger partial charge in [0.2, 0.25) is 0 Å². The Hall–Kier alpha value is -0.690. The number of ether oxygens (including phenoxy) is 2. The molecule has 1 aliphatic heterocycles. The van der Waals surface area contributed by atoms with Crippen LogP contribution in [-0.4, -0.2) is 52.5 Å². The fourth-order valence-corrected chi connectivity index (χ4v) is 1.52. The first kappa shape index (κ1) is 12.4. The number of rotatable bonds is 4. The van der Waals surface area contributed by atoms with E-state index in [1.165, 1.54) is 6.92 Å². The van der Waals surface area contributed by atoms with Crippen LogP contribution in [0.2, 0.25) is 0 Å². The van der Waals surface area contributed by atoms with Gasteiger partial charge < -0.3 is 24.8 Å². The summed E-state index contributed by atoms with van der Waals surface area (Å²) in [5, 5.41) is 26.8. The van der Waals surface area contributed by atoms with Crippen LogP contribution in [0.15, 0.2) is 0 Å². The summed E-state index contributed by atoms with van der Waals surface area (Å²) in [6.45, 7) is 1.22. The molecular formula is C9H16O6. The van der Waals surface area contributed by atoms with Crippen LogP contribution in [0.5, 0.6) is 0 Å². The van der Waals surface area contributed by atoms with E-state index < -0.39 is 30.6 Å². The lowest BCUT2D eigenvalue weighted by atomic mass is 10.1. The zero-order valence-corrected chi connectivity index (χ0v) is 8.50. The molecule has 88 valence electrons. The number of carboxylic acids is 1. The van der Waals surface area contributed by atoms with Crippen molar-refractivity contribution in [2.75, 3.05) is 6.61 Å². The van der Waals surface area contributed by atoms with Crippen LogP contribution in [0.4, 0.5) is 0 Å². The molecule has 1 rings (SSSR count). The second-order valence-electron chi connectivity index (χ2n) is 3.61. The Kier molecular flexibility index (Phi) is 4.46. The minimum atomic E-state index is -1.04. The molecule has 1 fully saturated rings. The molecule has 15 heavy (non-hydrogen) atoms. The summed E-state index contributed by atoms with van der Waals surface area (Å²) < 4.78 is 10.2.